The lowest BCUT2D eigenvalue weighted by atomic mass is 9.64. The molecule has 1 aromatic rings. The summed E-state index contributed by atoms with van der Waals surface area (Å²) in [7, 11) is 0. The molecule has 3 unspecified atom stereocenters. The van der Waals surface area contributed by atoms with Gasteiger partial charge in [0.05, 0.1) is 0 Å². The van der Waals surface area contributed by atoms with Crippen LogP contribution < -0.4 is 0 Å². The van der Waals surface area contributed by atoms with Crippen LogP contribution in [-0.4, -0.2) is 0 Å². The first-order valence-corrected chi connectivity index (χ1v) is 11.8. The summed E-state index contributed by atoms with van der Waals surface area (Å²) >= 11 is 0. The number of hydrogen-bond donors (Lipinski definition) is 0. The van der Waals surface area contributed by atoms with Gasteiger partial charge in [0.2, 0.25) is 0 Å². The molecule has 2 aliphatic rings. The quantitative estimate of drug-likeness (QED) is 0.463. The molecule has 0 N–H and O–H groups in total. The van der Waals surface area contributed by atoms with Gasteiger partial charge >= 0.3 is 0 Å². The molecule has 0 radical (unpaired) electrons. The van der Waals surface area contributed by atoms with Crippen molar-refractivity contribution in [1.82, 2.24) is 0 Å². The third-order valence-electron chi connectivity index (χ3n) is 7.68. The summed E-state index contributed by atoms with van der Waals surface area (Å²) in [6.07, 6.45) is 17.2. The zero-order valence-corrected chi connectivity index (χ0v) is 17.7. The highest BCUT2D eigenvalue weighted by Gasteiger charge is 2.35. The van der Waals surface area contributed by atoms with E-state index in [4.69, 9.17) is 0 Å². The number of aryl methyl sites for hydroxylation is 1. The van der Waals surface area contributed by atoms with Gasteiger partial charge in [-0.15, -0.1) is 0 Å². The highest BCUT2D eigenvalue weighted by atomic mass is 14.4. The lowest BCUT2D eigenvalue weighted by Crippen LogP contribution is -2.31. The van der Waals surface area contributed by atoms with Gasteiger partial charge in [0.1, 0.15) is 0 Å². The minimum atomic E-state index is 0.832. The van der Waals surface area contributed by atoms with Gasteiger partial charge in [-0.2, -0.15) is 0 Å². The maximum Gasteiger partial charge on any atom is -0.0162 e. The van der Waals surface area contributed by atoms with Crippen molar-refractivity contribution in [2.45, 2.75) is 104 Å². The second-order valence-electron chi connectivity index (χ2n) is 9.57. The van der Waals surface area contributed by atoms with Gasteiger partial charge in [-0.3, -0.25) is 0 Å². The van der Waals surface area contributed by atoms with E-state index in [1.807, 2.05) is 0 Å². The van der Waals surface area contributed by atoms with Crippen molar-refractivity contribution in [1.29, 1.82) is 0 Å². The summed E-state index contributed by atoms with van der Waals surface area (Å²) in [6, 6.07) is 9.62. The van der Waals surface area contributed by atoms with Crippen LogP contribution >= 0.6 is 0 Å². The van der Waals surface area contributed by atoms with Gasteiger partial charge in [-0.1, -0.05) is 77.1 Å². The minimum Gasteiger partial charge on any atom is -0.0654 e. The third-order valence-corrected chi connectivity index (χ3v) is 7.68. The zero-order chi connectivity index (χ0) is 18.4. The van der Waals surface area contributed by atoms with Crippen LogP contribution in [0.25, 0.3) is 0 Å². The van der Waals surface area contributed by atoms with E-state index in [1.54, 1.807) is 5.56 Å². The first-order valence-electron chi connectivity index (χ1n) is 11.8. The number of hydrogen-bond acceptors (Lipinski definition) is 0. The molecule has 3 atom stereocenters. The van der Waals surface area contributed by atoms with Crippen LogP contribution in [0, 0.1) is 23.7 Å². The molecule has 0 bridgehead atoms. The fraction of sp³-hybridized carbons (Fsp3) is 0.769. The standard InChI is InChI=1S/C26H42/c1-4-6-8-22-11-18-26(20(3)19-22)25-16-14-24(15-17-25)23-12-9-21(7-5-2)10-13-23/h9-10,12-13,20,22,24-26H,4-8,11,14-19H2,1-3H3. The smallest absolute Gasteiger partial charge is 0.0162 e. The second kappa shape index (κ2) is 9.95. The summed E-state index contributed by atoms with van der Waals surface area (Å²) in [5.74, 6) is 4.89. The predicted molar refractivity (Wildman–Crippen MR) is 115 cm³/mol. The monoisotopic (exact) mass is 354 g/mol. The molecule has 0 amide bonds. The Kier molecular flexibility index (Phi) is 7.64. The van der Waals surface area contributed by atoms with Gasteiger partial charge in [-0.25, -0.2) is 0 Å². The van der Waals surface area contributed by atoms with Crippen molar-refractivity contribution in [2.75, 3.05) is 0 Å². The van der Waals surface area contributed by atoms with Crippen molar-refractivity contribution < 1.29 is 0 Å². The molecule has 3 rings (SSSR count). The largest absolute Gasteiger partial charge is 0.0654 e. The van der Waals surface area contributed by atoms with Gasteiger partial charge in [0.15, 0.2) is 0 Å². The van der Waals surface area contributed by atoms with E-state index in [9.17, 15) is 0 Å². The maximum absolute atomic E-state index is 2.57. The molecule has 26 heavy (non-hydrogen) atoms. The Bertz CT molecular complexity index is 505. The molecule has 1 aromatic carbocycles. The molecule has 2 saturated carbocycles. The molecule has 2 fully saturated rings. The van der Waals surface area contributed by atoms with Gasteiger partial charge in [-0.05, 0) is 85.7 Å². The number of unbranched alkanes of at least 4 members (excludes halogenated alkanes) is 1. The molecule has 146 valence electrons. The van der Waals surface area contributed by atoms with E-state index < -0.39 is 0 Å². The molecule has 0 spiro atoms. The third kappa shape index (κ3) is 5.14. The molecule has 0 aromatic heterocycles. The summed E-state index contributed by atoms with van der Waals surface area (Å²) < 4.78 is 0. The fourth-order valence-corrected chi connectivity index (χ4v) is 6.11. The summed E-state index contributed by atoms with van der Waals surface area (Å²) in [5, 5.41) is 0. The Morgan fingerprint density at radius 2 is 1.58 bits per heavy atom. The number of rotatable bonds is 7. The van der Waals surface area contributed by atoms with Crippen molar-refractivity contribution in [3.05, 3.63) is 35.4 Å². The molecule has 2 aliphatic carbocycles. The van der Waals surface area contributed by atoms with Crippen LogP contribution in [0.2, 0.25) is 0 Å². The van der Waals surface area contributed by atoms with E-state index in [0.717, 1.165) is 29.6 Å². The van der Waals surface area contributed by atoms with Crippen molar-refractivity contribution in [3.63, 3.8) is 0 Å². The highest BCUT2D eigenvalue weighted by molar-refractivity contribution is 5.26. The lowest BCUT2D eigenvalue weighted by Gasteiger charge is -2.42. The SMILES string of the molecule is CCCCC1CCC(C2CCC(c3ccc(CCC)cc3)CC2)C(C)C1. The second-order valence-corrected chi connectivity index (χ2v) is 9.57. The molecule has 0 heteroatoms. The summed E-state index contributed by atoms with van der Waals surface area (Å²) in [5.41, 5.74) is 3.12. The Hall–Kier alpha value is -0.780. The average Bonchev–Trinajstić information content (AvgIpc) is 2.68. The molecule has 0 nitrogen and oxygen atoms in total. The Morgan fingerprint density at radius 1 is 0.846 bits per heavy atom. The van der Waals surface area contributed by atoms with Crippen LogP contribution in [0.4, 0.5) is 0 Å². The Balaban J connectivity index is 1.47. The first kappa shape index (κ1) is 20.0. The van der Waals surface area contributed by atoms with Crippen LogP contribution in [0.5, 0.6) is 0 Å². The highest BCUT2D eigenvalue weighted by Crippen LogP contribution is 2.46. The minimum absolute atomic E-state index is 0.832. The van der Waals surface area contributed by atoms with Crippen molar-refractivity contribution in [2.24, 2.45) is 23.7 Å². The summed E-state index contributed by atoms with van der Waals surface area (Å²) in [6.45, 7) is 7.18. The zero-order valence-electron chi connectivity index (χ0n) is 17.7. The molecular formula is C26H42. The topological polar surface area (TPSA) is 0 Å². The van der Waals surface area contributed by atoms with Crippen LogP contribution in [0.15, 0.2) is 24.3 Å². The molecule has 0 aliphatic heterocycles. The van der Waals surface area contributed by atoms with Crippen LogP contribution in [0.1, 0.15) is 108 Å². The van der Waals surface area contributed by atoms with E-state index in [-0.39, 0.29) is 0 Å². The van der Waals surface area contributed by atoms with Gasteiger partial charge < -0.3 is 0 Å². The van der Waals surface area contributed by atoms with Gasteiger partial charge in [0, 0.05) is 0 Å². The first-order chi connectivity index (χ1) is 12.7. The number of benzene rings is 1. The van der Waals surface area contributed by atoms with Gasteiger partial charge in [0.25, 0.3) is 0 Å². The van der Waals surface area contributed by atoms with E-state index in [2.05, 4.69) is 45.0 Å². The predicted octanol–water partition coefficient (Wildman–Crippen LogP) is 8.16. The van der Waals surface area contributed by atoms with E-state index in [1.165, 1.54) is 82.6 Å². The Morgan fingerprint density at radius 3 is 2.19 bits per heavy atom. The average molecular weight is 355 g/mol. The van der Waals surface area contributed by atoms with Crippen LogP contribution in [-0.2, 0) is 6.42 Å². The van der Waals surface area contributed by atoms with E-state index >= 15 is 0 Å². The molecular weight excluding hydrogens is 312 g/mol. The fourth-order valence-electron chi connectivity index (χ4n) is 6.11. The summed E-state index contributed by atoms with van der Waals surface area (Å²) in [4.78, 5) is 0. The normalized spacial score (nSPS) is 32.5. The van der Waals surface area contributed by atoms with Crippen molar-refractivity contribution >= 4 is 0 Å². The molecule has 0 saturated heterocycles. The molecule has 0 heterocycles. The van der Waals surface area contributed by atoms with Crippen molar-refractivity contribution in [3.8, 4) is 0 Å². The lowest BCUT2D eigenvalue weighted by molar-refractivity contribution is 0.102. The van der Waals surface area contributed by atoms with E-state index in [0.29, 0.717) is 0 Å². The maximum atomic E-state index is 2.57. The van der Waals surface area contributed by atoms with Crippen LogP contribution in [0.3, 0.4) is 0 Å². The Labute approximate surface area is 163 Å².